The molecule has 0 saturated carbocycles. The zero-order valence-corrected chi connectivity index (χ0v) is 19.0. The van der Waals surface area contributed by atoms with Crippen LogP contribution in [0.15, 0.2) is 63.6 Å². The van der Waals surface area contributed by atoms with Crippen LogP contribution < -0.4 is 5.32 Å². The lowest BCUT2D eigenvalue weighted by Crippen LogP contribution is -2.36. The van der Waals surface area contributed by atoms with Crippen LogP contribution in [0.1, 0.15) is 36.4 Å². The van der Waals surface area contributed by atoms with Crippen LogP contribution in [-0.2, 0) is 4.74 Å². The first-order chi connectivity index (χ1) is 15.1. The van der Waals surface area contributed by atoms with Crippen molar-refractivity contribution >= 4 is 33.3 Å². The van der Waals surface area contributed by atoms with Gasteiger partial charge >= 0.3 is 0 Å². The molecule has 4 heterocycles. The van der Waals surface area contributed by atoms with Crippen LogP contribution in [0.5, 0.6) is 0 Å². The monoisotopic (exact) mass is 501 g/mol. The van der Waals surface area contributed by atoms with E-state index in [2.05, 4.69) is 31.1 Å². The van der Waals surface area contributed by atoms with Gasteiger partial charge in [0.15, 0.2) is 5.11 Å². The summed E-state index contributed by atoms with van der Waals surface area (Å²) in [4.78, 5) is 6.66. The smallest absolute Gasteiger partial charge is 0.170 e. The van der Waals surface area contributed by atoms with Gasteiger partial charge in [0.2, 0.25) is 0 Å². The van der Waals surface area contributed by atoms with Gasteiger partial charge in [-0.3, -0.25) is 4.98 Å². The van der Waals surface area contributed by atoms with Crippen molar-refractivity contribution in [2.75, 3.05) is 13.2 Å². The van der Waals surface area contributed by atoms with Crippen LogP contribution >= 0.6 is 28.1 Å². The maximum Gasteiger partial charge on any atom is 0.170 e. The average Bonchev–Trinajstić information content (AvgIpc) is 3.51. The standard InChI is InChI=1S/C23H21BrFN3O2S/c24-14-6-7-16(17(25)12-14)19-8-9-20(30-19)22-21(18-5-1-2-10-26-18)27-23(31)28(22)13-15-4-3-11-29-15/h1-2,5-10,12,15,21-22H,3-4,11,13H2,(H,27,31)/t15-,21+,22+/m0/s1. The Morgan fingerprint density at radius 1 is 1.23 bits per heavy atom. The molecule has 160 valence electrons. The average molecular weight is 502 g/mol. The zero-order valence-electron chi connectivity index (χ0n) is 16.6. The van der Waals surface area contributed by atoms with Crippen molar-refractivity contribution in [1.29, 1.82) is 0 Å². The highest BCUT2D eigenvalue weighted by atomic mass is 79.9. The number of ether oxygens (including phenoxy) is 1. The maximum atomic E-state index is 14.5. The maximum absolute atomic E-state index is 14.5. The van der Waals surface area contributed by atoms with E-state index in [4.69, 9.17) is 21.4 Å². The Morgan fingerprint density at radius 3 is 2.87 bits per heavy atom. The molecule has 1 aromatic carbocycles. The van der Waals surface area contributed by atoms with Gasteiger partial charge < -0.3 is 19.4 Å². The minimum Gasteiger partial charge on any atom is -0.459 e. The summed E-state index contributed by atoms with van der Waals surface area (Å²) >= 11 is 8.99. The van der Waals surface area contributed by atoms with E-state index in [-0.39, 0.29) is 24.0 Å². The van der Waals surface area contributed by atoms with Crippen LogP contribution in [0.4, 0.5) is 4.39 Å². The predicted octanol–water partition coefficient (Wildman–Crippen LogP) is 5.39. The van der Waals surface area contributed by atoms with E-state index in [1.807, 2.05) is 30.3 Å². The zero-order chi connectivity index (χ0) is 21.4. The number of nitrogens with zero attached hydrogens (tertiary/aromatic N) is 2. The van der Waals surface area contributed by atoms with Crippen LogP contribution in [0.25, 0.3) is 11.3 Å². The van der Waals surface area contributed by atoms with Crippen LogP contribution in [0.2, 0.25) is 0 Å². The summed E-state index contributed by atoms with van der Waals surface area (Å²) in [6.07, 6.45) is 3.96. The minimum absolute atomic E-state index is 0.128. The fourth-order valence-corrected chi connectivity index (χ4v) is 4.91. The number of furan rings is 1. The van der Waals surface area contributed by atoms with Crippen molar-refractivity contribution in [2.24, 2.45) is 0 Å². The van der Waals surface area contributed by atoms with E-state index < -0.39 is 0 Å². The molecule has 2 aliphatic heterocycles. The largest absolute Gasteiger partial charge is 0.459 e. The SMILES string of the molecule is Fc1cc(Br)ccc1-c1ccc([C@@H]2[C@@H](c3ccccn3)NC(=S)N2C[C@@H]2CCCO2)o1. The summed E-state index contributed by atoms with van der Waals surface area (Å²) in [5, 5.41) is 4.05. The van der Waals surface area contributed by atoms with Crippen molar-refractivity contribution in [1.82, 2.24) is 15.2 Å². The summed E-state index contributed by atoms with van der Waals surface area (Å²) in [6.45, 7) is 1.45. The summed E-state index contributed by atoms with van der Waals surface area (Å²) in [5.41, 5.74) is 1.29. The summed E-state index contributed by atoms with van der Waals surface area (Å²) in [7, 11) is 0. The second-order valence-electron chi connectivity index (χ2n) is 7.74. The molecule has 5 nitrogen and oxygen atoms in total. The first-order valence-electron chi connectivity index (χ1n) is 10.2. The molecule has 3 atom stereocenters. The molecule has 3 aromatic rings. The second-order valence-corrected chi connectivity index (χ2v) is 9.04. The summed E-state index contributed by atoms with van der Waals surface area (Å²) in [5.74, 6) is 0.848. The van der Waals surface area contributed by atoms with Gasteiger partial charge in [0.05, 0.1) is 23.4 Å². The van der Waals surface area contributed by atoms with Gasteiger partial charge in [0, 0.05) is 23.8 Å². The summed E-state index contributed by atoms with van der Waals surface area (Å²) < 4.78 is 27.3. The number of pyridine rings is 1. The fraction of sp³-hybridized carbons (Fsp3) is 0.304. The molecule has 8 heteroatoms. The number of thiocarbonyl (C=S) groups is 1. The lowest BCUT2D eigenvalue weighted by molar-refractivity contribution is 0.0818. The van der Waals surface area contributed by atoms with Crippen molar-refractivity contribution < 1.29 is 13.5 Å². The highest BCUT2D eigenvalue weighted by molar-refractivity contribution is 9.10. The Balaban J connectivity index is 1.51. The van der Waals surface area contributed by atoms with E-state index >= 15 is 0 Å². The van der Waals surface area contributed by atoms with Gasteiger partial charge in [0.25, 0.3) is 0 Å². The van der Waals surface area contributed by atoms with Gasteiger partial charge in [-0.15, -0.1) is 0 Å². The Morgan fingerprint density at radius 2 is 2.13 bits per heavy atom. The molecule has 2 aromatic heterocycles. The molecule has 2 saturated heterocycles. The molecular weight excluding hydrogens is 481 g/mol. The number of aromatic nitrogens is 1. The van der Waals surface area contributed by atoms with Crippen LogP contribution in [-0.4, -0.2) is 34.3 Å². The van der Waals surface area contributed by atoms with Crippen molar-refractivity contribution in [3.8, 4) is 11.3 Å². The lowest BCUT2D eigenvalue weighted by Gasteiger charge is -2.28. The van der Waals surface area contributed by atoms with Gasteiger partial charge in [0.1, 0.15) is 23.4 Å². The van der Waals surface area contributed by atoms with Crippen LogP contribution in [0.3, 0.4) is 0 Å². The third kappa shape index (κ3) is 4.12. The molecule has 2 fully saturated rings. The van der Waals surface area contributed by atoms with Gasteiger partial charge in [-0.25, -0.2) is 4.39 Å². The Kier molecular flexibility index (Phi) is 5.77. The topological polar surface area (TPSA) is 50.5 Å². The molecule has 31 heavy (non-hydrogen) atoms. The first-order valence-corrected chi connectivity index (χ1v) is 11.4. The van der Waals surface area contributed by atoms with E-state index in [1.165, 1.54) is 6.07 Å². The molecule has 1 N–H and O–H groups in total. The number of nitrogens with one attached hydrogen (secondary N) is 1. The van der Waals surface area contributed by atoms with Crippen LogP contribution in [0, 0.1) is 5.82 Å². The molecule has 5 rings (SSSR count). The number of hydrogen-bond acceptors (Lipinski definition) is 4. The Bertz CT molecular complexity index is 1090. The molecule has 0 bridgehead atoms. The number of rotatable bonds is 5. The minimum atomic E-state index is -0.340. The Hall–Kier alpha value is -2.29. The summed E-state index contributed by atoms with van der Waals surface area (Å²) in [6, 6.07) is 14.1. The van der Waals surface area contributed by atoms with Crippen molar-refractivity contribution in [3.63, 3.8) is 0 Å². The number of hydrogen-bond donors (Lipinski definition) is 1. The normalized spacial score (nSPS) is 23.4. The highest BCUT2D eigenvalue weighted by Gasteiger charge is 2.42. The molecule has 0 aliphatic carbocycles. The number of halogens is 2. The van der Waals surface area contributed by atoms with Gasteiger partial charge in [-0.1, -0.05) is 22.0 Å². The number of benzene rings is 1. The molecule has 0 radical (unpaired) electrons. The van der Waals surface area contributed by atoms with E-state index in [0.29, 0.717) is 33.2 Å². The lowest BCUT2D eigenvalue weighted by atomic mass is 10.0. The third-order valence-electron chi connectivity index (χ3n) is 5.74. The molecule has 0 unspecified atom stereocenters. The molecular formula is C23H21BrFN3O2S. The predicted molar refractivity (Wildman–Crippen MR) is 123 cm³/mol. The Labute approximate surface area is 193 Å². The van der Waals surface area contributed by atoms with Crippen molar-refractivity contribution in [3.05, 3.63) is 76.5 Å². The second kappa shape index (κ2) is 8.68. The highest BCUT2D eigenvalue weighted by Crippen LogP contribution is 2.41. The van der Waals surface area contributed by atoms with E-state index in [0.717, 1.165) is 25.1 Å². The molecule has 0 spiro atoms. The van der Waals surface area contributed by atoms with E-state index in [1.54, 1.807) is 18.3 Å². The molecule has 0 amide bonds. The van der Waals surface area contributed by atoms with Gasteiger partial charge in [-0.2, -0.15) is 0 Å². The van der Waals surface area contributed by atoms with Crippen molar-refractivity contribution in [2.45, 2.75) is 31.0 Å². The fourth-order valence-electron chi connectivity index (χ4n) is 4.26. The van der Waals surface area contributed by atoms with E-state index in [9.17, 15) is 4.39 Å². The third-order valence-corrected chi connectivity index (χ3v) is 6.58. The van der Waals surface area contributed by atoms with Gasteiger partial charge in [-0.05, 0) is 67.5 Å². The molecule has 2 aliphatic rings. The quantitative estimate of drug-likeness (QED) is 0.472. The first kappa shape index (κ1) is 20.6.